The maximum absolute atomic E-state index is 13.4. The van der Waals surface area contributed by atoms with Crippen LogP contribution in [0.5, 0.6) is 28.7 Å². The Morgan fingerprint density at radius 3 is 2.16 bits per heavy atom. The lowest BCUT2D eigenvalue weighted by Gasteiger charge is -2.15. The summed E-state index contributed by atoms with van der Waals surface area (Å²) in [5.74, 6) is -0.471. The third kappa shape index (κ3) is 5.56. The molecule has 1 heterocycles. The van der Waals surface area contributed by atoms with Gasteiger partial charge in [0.15, 0.2) is 17.3 Å². The predicted octanol–water partition coefficient (Wildman–Crippen LogP) is 4.91. The Morgan fingerprint density at radius 2 is 1.51 bits per heavy atom. The Kier molecular flexibility index (Phi) is 7.43. The van der Waals surface area contributed by atoms with Crippen molar-refractivity contribution in [3.8, 4) is 40.1 Å². The van der Waals surface area contributed by atoms with Crippen molar-refractivity contribution in [2.45, 2.75) is 20.5 Å². The van der Waals surface area contributed by atoms with Crippen LogP contribution >= 0.6 is 0 Å². The molecule has 0 atom stereocenters. The molecule has 37 heavy (non-hydrogen) atoms. The third-order valence-electron chi connectivity index (χ3n) is 5.28. The molecule has 0 bridgehead atoms. The summed E-state index contributed by atoms with van der Waals surface area (Å²) in [5, 5.41) is 0.0135. The van der Waals surface area contributed by atoms with Gasteiger partial charge in [-0.2, -0.15) is 0 Å². The van der Waals surface area contributed by atoms with Crippen molar-refractivity contribution >= 4 is 22.9 Å². The molecule has 0 spiro atoms. The minimum absolute atomic E-state index is 0.0135. The van der Waals surface area contributed by atoms with E-state index in [9.17, 15) is 14.4 Å². The molecule has 0 saturated heterocycles. The predicted molar refractivity (Wildman–Crippen MR) is 134 cm³/mol. The van der Waals surface area contributed by atoms with E-state index in [1.807, 2.05) is 30.3 Å². The molecule has 0 radical (unpaired) electrons. The van der Waals surface area contributed by atoms with E-state index < -0.39 is 17.4 Å². The molecule has 4 rings (SSSR count). The van der Waals surface area contributed by atoms with Crippen LogP contribution in [0.3, 0.4) is 0 Å². The number of rotatable bonds is 8. The number of carbonyl (C=O) groups excluding carboxylic acids is 2. The maximum atomic E-state index is 13.4. The summed E-state index contributed by atoms with van der Waals surface area (Å²) in [7, 11) is 2.75. The van der Waals surface area contributed by atoms with Crippen LogP contribution in [0.2, 0.25) is 0 Å². The zero-order valence-electron chi connectivity index (χ0n) is 20.7. The molecular formula is C28H24O9. The van der Waals surface area contributed by atoms with E-state index >= 15 is 0 Å². The number of carbonyl (C=O) groups is 2. The topological polar surface area (TPSA) is 111 Å². The van der Waals surface area contributed by atoms with Gasteiger partial charge in [-0.1, -0.05) is 30.3 Å². The molecule has 3 aromatic carbocycles. The molecule has 190 valence electrons. The second-order valence-electron chi connectivity index (χ2n) is 7.92. The lowest BCUT2D eigenvalue weighted by atomic mass is 10.1. The van der Waals surface area contributed by atoms with E-state index in [4.69, 9.17) is 28.1 Å². The van der Waals surface area contributed by atoms with Gasteiger partial charge in [0.2, 0.25) is 11.2 Å². The van der Waals surface area contributed by atoms with Crippen LogP contribution in [-0.4, -0.2) is 26.2 Å². The standard InChI is InChI=1S/C28H24O9/c1-16(29)35-22-12-19(10-11-21(22)34-15-18-8-6-5-7-9-18)27-28(33-4)26(31)25-23(36-17(2)30)13-20(32-3)14-24(25)37-27/h5-14H,15H2,1-4H3. The Balaban J connectivity index is 1.84. The second kappa shape index (κ2) is 10.9. The van der Waals surface area contributed by atoms with Gasteiger partial charge in [0, 0.05) is 31.5 Å². The van der Waals surface area contributed by atoms with Gasteiger partial charge >= 0.3 is 11.9 Å². The summed E-state index contributed by atoms with van der Waals surface area (Å²) >= 11 is 0. The molecule has 0 N–H and O–H groups in total. The van der Waals surface area contributed by atoms with E-state index in [0.717, 1.165) is 5.56 Å². The second-order valence-corrected chi connectivity index (χ2v) is 7.92. The Labute approximate surface area is 212 Å². The van der Waals surface area contributed by atoms with Gasteiger partial charge in [0.25, 0.3) is 0 Å². The molecule has 1 aromatic heterocycles. The highest BCUT2D eigenvalue weighted by Gasteiger charge is 2.23. The number of hydrogen-bond acceptors (Lipinski definition) is 9. The largest absolute Gasteiger partial charge is 0.496 e. The summed E-state index contributed by atoms with van der Waals surface area (Å²) < 4.78 is 33.2. The maximum Gasteiger partial charge on any atom is 0.308 e. The van der Waals surface area contributed by atoms with Gasteiger partial charge < -0.3 is 28.1 Å². The van der Waals surface area contributed by atoms with Gasteiger partial charge in [-0.05, 0) is 23.8 Å². The first-order valence-corrected chi connectivity index (χ1v) is 11.2. The number of methoxy groups -OCH3 is 2. The molecule has 0 aliphatic carbocycles. The molecule has 0 amide bonds. The van der Waals surface area contributed by atoms with E-state index in [2.05, 4.69) is 0 Å². The Hall–Kier alpha value is -4.79. The minimum Gasteiger partial charge on any atom is -0.496 e. The van der Waals surface area contributed by atoms with Crippen molar-refractivity contribution in [3.05, 3.63) is 76.5 Å². The molecule has 0 aliphatic heterocycles. The average Bonchev–Trinajstić information content (AvgIpc) is 2.87. The highest BCUT2D eigenvalue weighted by atomic mass is 16.6. The van der Waals surface area contributed by atoms with Crippen LogP contribution in [0.1, 0.15) is 19.4 Å². The fraction of sp³-hybridized carbons (Fsp3) is 0.179. The first kappa shape index (κ1) is 25.3. The van der Waals surface area contributed by atoms with Gasteiger partial charge in [-0.15, -0.1) is 0 Å². The number of esters is 2. The smallest absolute Gasteiger partial charge is 0.308 e. The number of fused-ring (bicyclic) bond motifs is 1. The van der Waals surface area contributed by atoms with Crippen LogP contribution in [0.4, 0.5) is 0 Å². The summed E-state index contributed by atoms with van der Waals surface area (Å²) in [6, 6.07) is 17.2. The van der Waals surface area contributed by atoms with Crippen LogP contribution in [0.15, 0.2) is 69.9 Å². The fourth-order valence-electron chi connectivity index (χ4n) is 3.71. The first-order valence-electron chi connectivity index (χ1n) is 11.2. The molecule has 9 nitrogen and oxygen atoms in total. The lowest BCUT2D eigenvalue weighted by molar-refractivity contribution is -0.132. The van der Waals surface area contributed by atoms with Crippen molar-refractivity contribution in [1.82, 2.24) is 0 Å². The van der Waals surface area contributed by atoms with E-state index in [1.54, 1.807) is 12.1 Å². The number of benzene rings is 3. The van der Waals surface area contributed by atoms with Crippen molar-refractivity contribution < 1.29 is 37.7 Å². The molecule has 0 unspecified atom stereocenters. The van der Waals surface area contributed by atoms with Gasteiger partial charge in [-0.3, -0.25) is 14.4 Å². The minimum atomic E-state index is -0.617. The average molecular weight is 504 g/mol. The van der Waals surface area contributed by atoms with Crippen LogP contribution in [0.25, 0.3) is 22.3 Å². The lowest BCUT2D eigenvalue weighted by Crippen LogP contribution is -2.11. The normalized spacial score (nSPS) is 10.6. The van der Waals surface area contributed by atoms with Crippen LogP contribution in [0, 0.1) is 0 Å². The SMILES string of the molecule is COc1cc(OC(C)=O)c2c(=O)c(OC)c(-c3ccc(OCc4ccccc4)c(OC(C)=O)c3)oc2c1. The van der Waals surface area contributed by atoms with Crippen molar-refractivity contribution in [3.63, 3.8) is 0 Å². The van der Waals surface area contributed by atoms with Gasteiger partial charge in [0.1, 0.15) is 29.1 Å². The first-order chi connectivity index (χ1) is 17.8. The fourth-order valence-corrected chi connectivity index (χ4v) is 3.71. The number of ether oxygens (including phenoxy) is 5. The van der Waals surface area contributed by atoms with E-state index in [-0.39, 0.29) is 40.6 Å². The highest BCUT2D eigenvalue weighted by Crippen LogP contribution is 2.39. The summed E-state index contributed by atoms with van der Waals surface area (Å²) in [6.07, 6.45) is 0. The Bertz CT molecular complexity index is 1520. The zero-order chi connectivity index (χ0) is 26.5. The quantitative estimate of drug-likeness (QED) is 0.244. The van der Waals surface area contributed by atoms with Crippen molar-refractivity contribution in [2.75, 3.05) is 14.2 Å². The molecular weight excluding hydrogens is 480 g/mol. The monoisotopic (exact) mass is 504 g/mol. The molecule has 4 aromatic rings. The van der Waals surface area contributed by atoms with E-state index in [0.29, 0.717) is 17.1 Å². The van der Waals surface area contributed by atoms with Crippen LogP contribution in [-0.2, 0) is 16.2 Å². The highest BCUT2D eigenvalue weighted by molar-refractivity contribution is 5.90. The van der Waals surface area contributed by atoms with Crippen molar-refractivity contribution in [1.29, 1.82) is 0 Å². The van der Waals surface area contributed by atoms with E-state index in [1.165, 1.54) is 46.3 Å². The Morgan fingerprint density at radius 1 is 0.811 bits per heavy atom. The zero-order valence-corrected chi connectivity index (χ0v) is 20.7. The molecule has 0 saturated carbocycles. The summed E-state index contributed by atoms with van der Waals surface area (Å²) in [6.45, 7) is 2.74. The van der Waals surface area contributed by atoms with Crippen molar-refractivity contribution in [2.24, 2.45) is 0 Å². The third-order valence-corrected chi connectivity index (χ3v) is 5.28. The summed E-state index contributed by atoms with van der Waals surface area (Å²) in [4.78, 5) is 36.9. The molecule has 0 fully saturated rings. The molecule has 0 aliphatic rings. The number of hydrogen-bond donors (Lipinski definition) is 0. The van der Waals surface area contributed by atoms with Crippen LogP contribution < -0.4 is 29.1 Å². The van der Waals surface area contributed by atoms with Gasteiger partial charge in [-0.25, -0.2) is 0 Å². The molecule has 9 heteroatoms. The summed E-state index contributed by atoms with van der Waals surface area (Å²) in [5.41, 5.74) is 0.863. The van der Waals surface area contributed by atoms with Gasteiger partial charge in [0.05, 0.1) is 14.2 Å².